The molecule has 102 valence electrons. The highest BCUT2D eigenvalue weighted by molar-refractivity contribution is 6.30. The summed E-state index contributed by atoms with van der Waals surface area (Å²) in [6.07, 6.45) is 2.55. The van der Waals surface area contributed by atoms with Gasteiger partial charge in [-0.05, 0) is 25.5 Å². The van der Waals surface area contributed by atoms with Gasteiger partial charge in [0.25, 0.3) is 0 Å². The Hall–Kier alpha value is -1.36. The molecular formula is C14H18ClN3O. The van der Waals surface area contributed by atoms with Gasteiger partial charge in [0.2, 0.25) is 0 Å². The molecule has 0 saturated carbocycles. The highest BCUT2D eigenvalue weighted by Gasteiger charge is 2.09. The molecule has 3 N–H and O–H groups in total. The standard InChI is InChI=1S/C14H18ClN3O/c1-10(5-6-19)16-8-12-9-17-18-14(12)11-3-2-4-13(15)7-11/h2-4,7,9-10,16,19H,5-6,8H2,1H3,(H,17,18). The van der Waals surface area contributed by atoms with Gasteiger partial charge in [0.05, 0.1) is 11.9 Å². The second-order valence-corrected chi connectivity index (χ2v) is 5.01. The molecule has 4 nitrogen and oxygen atoms in total. The molecule has 1 aromatic heterocycles. The summed E-state index contributed by atoms with van der Waals surface area (Å²) in [5.74, 6) is 0. The van der Waals surface area contributed by atoms with Gasteiger partial charge in [0.15, 0.2) is 0 Å². The molecule has 5 heteroatoms. The molecule has 0 bridgehead atoms. The van der Waals surface area contributed by atoms with Crippen LogP contribution in [0.25, 0.3) is 11.3 Å². The SMILES string of the molecule is CC(CCO)NCc1cn[nH]c1-c1cccc(Cl)c1. The average molecular weight is 280 g/mol. The van der Waals surface area contributed by atoms with E-state index in [9.17, 15) is 0 Å². The summed E-state index contributed by atoms with van der Waals surface area (Å²) in [6, 6.07) is 7.95. The number of nitrogens with one attached hydrogen (secondary N) is 2. The van der Waals surface area contributed by atoms with E-state index in [1.807, 2.05) is 30.5 Å². The lowest BCUT2D eigenvalue weighted by atomic mass is 10.1. The topological polar surface area (TPSA) is 60.9 Å². The Labute approximate surface area is 117 Å². The molecule has 2 aromatic rings. The Morgan fingerprint density at radius 3 is 3.05 bits per heavy atom. The zero-order valence-electron chi connectivity index (χ0n) is 10.9. The molecule has 0 fully saturated rings. The lowest BCUT2D eigenvalue weighted by Crippen LogP contribution is -2.26. The Bertz CT molecular complexity index is 527. The molecule has 0 radical (unpaired) electrons. The molecule has 0 aliphatic rings. The Kier molecular flexibility index (Phi) is 4.96. The van der Waals surface area contributed by atoms with E-state index in [1.165, 1.54) is 0 Å². The van der Waals surface area contributed by atoms with Gasteiger partial charge in [0.1, 0.15) is 0 Å². The predicted octanol–water partition coefficient (Wildman–Crippen LogP) is 2.59. The number of benzene rings is 1. The van der Waals surface area contributed by atoms with Crippen molar-refractivity contribution in [3.05, 3.63) is 41.0 Å². The molecular weight excluding hydrogens is 262 g/mol. The third-order valence-electron chi connectivity index (χ3n) is 3.03. The quantitative estimate of drug-likeness (QED) is 0.762. The van der Waals surface area contributed by atoms with Crippen LogP contribution in [0.2, 0.25) is 5.02 Å². The van der Waals surface area contributed by atoms with Crippen LogP contribution in [0, 0.1) is 0 Å². The van der Waals surface area contributed by atoms with Gasteiger partial charge in [-0.15, -0.1) is 0 Å². The number of aromatic amines is 1. The summed E-state index contributed by atoms with van der Waals surface area (Å²) < 4.78 is 0. The van der Waals surface area contributed by atoms with Gasteiger partial charge in [-0.2, -0.15) is 5.10 Å². The number of aliphatic hydroxyl groups is 1. The van der Waals surface area contributed by atoms with Gasteiger partial charge in [0, 0.05) is 35.3 Å². The second kappa shape index (κ2) is 6.70. The fourth-order valence-electron chi connectivity index (χ4n) is 1.92. The summed E-state index contributed by atoms with van der Waals surface area (Å²) in [6.45, 7) is 2.95. The van der Waals surface area contributed by atoms with Crippen molar-refractivity contribution < 1.29 is 5.11 Å². The maximum Gasteiger partial charge on any atom is 0.0695 e. The number of aliphatic hydroxyl groups excluding tert-OH is 1. The largest absolute Gasteiger partial charge is 0.396 e. The van der Waals surface area contributed by atoms with Crippen LogP contribution in [0.3, 0.4) is 0 Å². The van der Waals surface area contributed by atoms with E-state index in [-0.39, 0.29) is 12.6 Å². The Morgan fingerprint density at radius 2 is 2.32 bits per heavy atom. The first-order chi connectivity index (χ1) is 9.20. The van der Waals surface area contributed by atoms with Crippen LogP contribution in [0.4, 0.5) is 0 Å². The zero-order valence-corrected chi connectivity index (χ0v) is 11.6. The third kappa shape index (κ3) is 3.80. The number of H-pyrrole nitrogens is 1. The Morgan fingerprint density at radius 1 is 1.47 bits per heavy atom. The van der Waals surface area contributed by atoms with E-state index >= 15 is 0 Å². The second-order valence-electron chi connectivity index (χ2n) is 4.57. The van der Waals surface area contributed by atoms with Gasteiger partial charge >= 0.3 is 0 Å². The van der Waals surface area contributed by atoms with E-state index in [4.69, 9.17) is 16.7 Å². The highest BCUT2D eigenvalue weighted by Crippen LogP contribution is 2.23. The van der Waals surface area contributed by atoms with Crippen LogP contribution < -0.4 is 5.32 Å². The lowest BCUT2D eigenvalue weighted by molar-refractivity contribution is 0.268. The van der Waals surface area contributed by atoms with Crippen molar-refractivity contribution in [1.82, 2.24) is 15.5 Å². The van der Waals surface area contributed by atoms with Crippen LogP contribution in [0.15, 0.2) is 30.5 Å². The van der Waals surface area contributed by atoms with Crippen LogP contribution in [-0.2, 0) is 6.54 Å². The number of halogens is 1. The maximum absolute atomic E-state index is 8.88. The van der Waals surface area contributed by atoms with Crippen LogP contribution >= 0.6 is 11.6 Å². The van der Waals surface area contributed by atoms with E-state index in [0.29, 0.717) is 11.6 Å². The van der Waals surface area contributed by atoms with Crippen molar-refractivity contribution in [3.8, 4) is 11.3 Å². The number of hydrogen-bond donors (Lipinski definition) is 3. The third-order valence-corrected chi connectivity index (χ3v) is 3.27. The Balaban J connectivity index is 2.10. The summed E-state index contributed by atoms with van der Waals surface area (Å²) >= 11 is 6.01. The van der Waals surface area contributed by atoms with Crippen LogP contribution in [-0.4, -0.2) is 28.0 Å². The predicted molar refractivity (Wildman–Crippen MR) is 77.0 cm³/mol. The fraction of sp³-hybridized carbons (Fsp3) is 0.357. The molecule has 2 rings (SSSR count). The summed E-state index contributed by atoms with van der Waals surface area (Å²) in [4.78, 5) is 0. The van der Waals surface area contributed by atoms with Crippen molar-refractivity contribution in [2.24, 2.45) is 0 Å². The first-order valence-corrected chi connectivity index (χ1v) is 6.71. The summed E-state index contributed by atoms with van der Waals surface area (Å²) in [7, 11) is 0. The van der Waals surface area contributed by atoms with Crippen molar-refractivity contribution in [2.45, 2.75) is 25.9 Å². The zero-order chi connectivity index (χ0) is 13.7. The van der Waals surface area contributed by atoms with E-state index < -0.39 is 0 Å². The molecule has 0 aliphatic heterocycles. The highest BCUT2D eigenvalue weighted by atomic mass is 35.5. The molecule has 1 unspecified atom stereocenters. The lowest BCUT2D eigenvalue weighted by Gasteiger charge is -2.12. The summed E-state index contributed by atoms with van der Waals surface area (Å²) in [5.41, 5.74) is 3.09. The van der Waals surface area contributed by atoms with E-state index in [1.54, 1.807) is 0 Å². The molecule has 0 amide bonds. The minimum absolute atomic E-state index is 0.195. The summed E-state index contributed by atoms with van der Waals surface area (Å²) in [5, 5.41) is 20.1. The van der Waals surface area contributed by atoms with Gasteiger partial charge in [-0.3, -0.25) is 5.10 Å². The number of hydrogen-bond acceptors (Lipinski definition) is 3. The van der Waals surface area contributed by atoms with E-state index in [2.05, 4.69) is 22.4 Å². The van der Waals surface area contributed by atoms with Crippen LogP contribution in [0.5, 0.6) is 0 Å². The molecule has 0 aliphatic carbocycles. The molecule has 0 saturated heterocycles. The first-order valence-electron chi connectivity index (χ1n) is 6.33. The smallest absolute Gasteiger partial charge is 0.0695 e. The molecule has 1 aromatic carbocycles. The normalized spacial score (nSPS) is 12.6. The van der Waals surface area contributed by atoms with Gasteiger partial charge < -0.3 is 10.4 Å². The van der Waals surface area contributed by atoms with E-state index in [0.717, 1.165) is 23.2 Å². The molecule has 1 atom stereocenters. The monoisotopic (exact) mass is 279 g/mol. The minimum Gasteiger partial charge on any atom is -0.396 e. The molecule has 0 spiro atoms. The van der Waals surface area contributed by atoms with Gasteiger partial charge in [-0.1, -0.05) is 23.7 Å². The number of aromatic nitrogens is 2. The fourth-order valence-corrected chi connectivity index (χ4v) is 2.11. The van der Waals surface area contributed by atoms with Crippen molar-refractivity contribution >= 4 is 11.6 Å². The van der Waals surface area contributed by atoms with Crippen LogP contribution in [0.1, 0.15) is 18.9 Å². The molecule has 19 heavy (non-hydrogen) atoms. The van der Waals surface area contributed by atoms with Crippen molar-refractivity contribution in [2.75, 3.05) is 6.61 Å². The number of nitrogens with zero attached hydrogens (tertiary/aromatic N) is 1. The minimum atomic E-state index is 0.195. The number of rotatable bonds is 6. The molecule has 1 heterocycles. The average Bonchev–Trinajstić information content (AvgIpc) is 2.85. The first kappa shape index (κ1) is 14.1. The van der Waals surface area contributed by atoms with Gasteiger partial charge in [-0.25, -0.2) is 0 Å². The van der Waals surface area contributed by atoms with Crippen molar-refractivity contribution in [1.29, 1.82) is 0 Å². The maximum atomic E-state index is 8.88. The van der Waals surface area contributed by atoms with Crippen molar-refractivity contribution in [3.63, 3.8) is 0 Å².